The van der Waals surface area contributed by atoms with Gasteiger partial charge in [-0.25, -0.2) is 26.0 Å². The summed E-state index contributed by atoms with van der Waals surface area (Å²) >= 11 is 0. The van der Waals surface area contributed by atoms with Gasteiger partial charge < -0.3 is 0 Å². The van der Waals surface area contributed by atoms with E-state index in [4.69, 9.17) is 0 Å². The third-order valence-electron chi connectivity index (χ3n) is 1.66. The van der Waals surface area contributed by atoms with E-state index < -0.39 is 48.8 Å². The highest BCUT2D eigenvalue weighted by molar-refractivity contribution is 7.91. The van der Waals surface area contributed by atoms with Gasteiger partial charge >= 0.3 is 5.88 Å². The third kappa shape index (κ3) is 2.52. The van der Waals surface area contributed by atoms with Crippen molar-refractivity contribution in [1.82, 2.24) is 0 Å². The Morgan fingerprint density at radius 3 is 1.88 bits per heavy atom. The second kappa shape index (κ2) is 4.28. The lowest BCUT2D eigenvalue weighted by Gasteiger charge is -2.05. The first-order chi connectivity index (χ1) is 7.66. The molecule has 0 amide bonds. The number of sulfone groups is 1. The molecule has 0 unspecified atom stereocenters. The molecule has 0 aliphatic rings. The minimum atomic E-state index is -5.09. The molecule has 0 saturated carbocycles. The molecule has 0 aliphatic carbocycles. The Morgan fingerprint density at radius 2 is 1.53 bits per heavy atom. The summed E-state index contributed by atoms with van der Waals surface area (Å²) in [5, 5.41) is 9.97. The van der Waals surface area contributed by atoms with Gasteiger partial charge in [-0.1, -0.05) is 0 Å². The van der Waals surface area contributed by atoms with E-state index in [1.54, 1.807) is 0 Å². The Kier molecular flexibility index (Phi) is 3.36. The van der Waals surface area contributed by atoms with Crippen LogP contribution in [-0.2, 0) is 9.84 Å². The highest BCUT2D eigenvalue weighted by Crippen LogP contribution is 2.24. The van der Waals surface area contributed by atoms with Crippen LogP contribution in [0.15, 0.2) is 11.0 Å². The van der Waals surface area contributed by atoms with E-state index in [1.807, 2.05) is 0 Å². The molecule has 0 atom stereocenters. The lowest BCUT2D eigenvalue weighted by molar-refractivity contribution is -0.458. The molecule has 1 rings (SSSR count). The fraction of sp³-hybridized carbons (Fsp3) is 0.143. The molecule has 0 radical (unpaired) electrons. The first kappa shape index (κ1) is 13.4. The maximum atomic E-state index is 13.0. The van der Waals surface area contributed by atoms with E-state index in [-0.39, 0.29) is 6.07 Å². The standard InChI is InChI=1S/C7H3F4NO4S/c8-3-1-4(9)6(11)7(5(3)10)17(15,16)2-12(13)14/h1H,2H2. The van der Waals surface area contributed by atoms with Crippen molar-refractivity contribution in [1.29, 1.82) is 0 Å². The molecule has 0 bridgehead atoms. The molecule has 0 spiro atoms. The van der Waals surface area contributed by atoms with Crippen LogP contribution in [0.5, 0.6) is 0 Å². The Morgan fingerprint density at radius 1 is 1.12 bits per heavy atom. The largest absolute Gasteiger partial charge is 0.306 e. The minimum absolute atomic E-state index is 0.199. The maximum absolute atomic E-state index is 13.0. The maximum Gasteiger partial charge on any atom is 0.306 e. The van der Waals surface area contributed by atoms with Gasteiger partial charge in [0.15, 0.2) is 28.2 Å². The van der Waals surface area contributed by atoms with Crippen molar-refractivity contribution in [2.24, 2.45) is 0 Å². The summed E-state index contributed by atoms with van der Waals surface area (Å²) in [6.45, 7) is 0. The monoisotopic (exact) mass is 273 g/mol. The van der Waals surface area contributed by atoms with E-state index in [2.05, 4.69) is 0 Å². The van der Waals surface area contributed by atoms with E-state index in [9.17, 15) is 36.1 Å². The van der Waals surface area contributed by atoms with Crippen LogP contribution in [0.3, 0.4) is 0 Å². The van der Waals surface area contributed by atoms with Crippen molar-refractivity contribution in [3.05, 3.63) is 39.4 Å². The third-order valence-corrected chi connectivity index (χ3v) is 3.19. The van der Waals surface area contributed by atoms with Crippen LogP contribution < -0.4 is 0 Å². The number of hydrogen-bond donors (Lipinski definition) is 0. The molecule has 5 nitrogen and oxygen atoms in total. The average Bonchev–Trinajstić information content (AvgIpc) is 2.12. The molecule has 0 N–H and O–H groups in total. The zero-order valence-electron chi connectivity index (χ0n) is 7.78. The summed E-state index contributed by atoms with van der Waals surface area (Å²) in [5.41, 5.74) is 0. The second-order valence-electron chi connectivity index (χ2n) is 2.87. The molecular weight excluding hydrogens is 270 g/mol. The molecule has 17 heavy (non-hydrogen) atoms. The van der Waals surface area contributed by atoms with Gasteiger partial charge in [0.2, 0.25) is 9.84 Å². The molecule has 94 valence electrons. The summed E-state index contributed by atoms with van der Waals surface area (Å²) in [7, 11) is -5.09. The smallest absolute Gasteiger partial charge is 0.263 e. The molecule has 0 aliphatic heterocycles. The summed E-state index contributed by atoms with van der Waals surface area (Å²) in [4.78, 5) is 6.60. The number of benzene rings is 1. The van der Waals surface area contributed by atoms with Gasteiger partial charge in [-0.05, 0) is 0 Å². The highest BCUT2D eigenvalue weighted by Gasteiger charge is 2.33. The molecule has 0 saturated heterocycles. The van der Waals surface area contributed by atoms with Crippen molar-refractivity contribution in [2.45, 2.75) is 4.90 Å². The number of halogens is 4. The Hall–Kier alpha value is -1.71. The summed E-state index contributed by atoms with van der Waals surface area (Å²) in [5.74, 6) is -10.2. The van der Waals surface area contributed by atoms with Gasteiger partial charge in [0, 0.05) is 11.0 Å². The van der Waals surface area contributed by atoms with E-state index in [1.165, 1.54) is 0 Å². The van der Waals surface area contributed by atoms with Crippen molar-refractivity contribution < 1.29 is 30.9 Å². The first-order valence-electron chi connectivity index (χ1n) is 3.84. The van der Waals surface area contributed by atoms with E-state index in [0.29, 0.717) is 0 Å². The minimum Gasteiger partial charge on any atom is -0.263 e. The van der Waals surface area contributed by atoms with Crippen LogP contribution in [0.4, 0.5) is 17.6 Å². The SMILES string of the molecule is O=[N+]([O-])CS(=O)(=O)c1c(F)c(F)cc(F)c1F. The molecule has 1 aromatic carbocycles. The molecule has 0 fully saturated rings. The normalized spacial score (nSPS) is 11.5. The Balaban J connectivity index is 3.56. The molecular formula is C7H3F4NO4S. The Labute approximate surface area is 91.7 Å². The topological polar surface area (TPSA) is 77.3 Å². The molecule has 10 heteroatoms. The molecule has 0 aromatic heterocycles. The fourth-order valence-electron chi connectivity index (χ4n) is 1.03. The van der Waals surface area contributed by atoms with Crippen LogP contribution >= 0.6 is 0 Å². The van der Waals surface area contributed by atoms with Crippen molar-refractivity contribution in [2.75, 3.05) is 5.88 Å². The number of hydrogen-bond acceptors (Lipinski definition) is 4. The number of nitro groups is 1. The Bertz CT molecular complexity index is 560. The summed E-state index contributed by atoms with van der Waals surface area (Å²) in [6.07, 6.45) is 0. The van der Waals surface area contributed by atoms with E-state index >= 15 is 0 Å². The predicted molar refractivity (Wildman–Crippen MR) is 45.3 cm³/mol. The quantitative estimate of drug-likeness (QED) is 0.359. The van der Waals surface area contributed by atoms with Gasteiger partial charge in [0.05, 0.1) is 0 Å². The highest BCUT2D eigenvalue weighted by atomic mass is 32.2. The molecule has 0 heterocycles. The van der Waals surface area contributed by atoms with Crippen molar-refractivity contribution in [3.8, 4) is 0 Å². The summed E-state index contributed by atoms with van der Waals surface area (Å²) in [6, 6.07) is -0.199. The second-order valence-corrected chi connectivity index (χ2v) is 4.77. The lowest BCUT2D eigenvalue weighted by Crippen LogP contribution is -2.18. The van der Waals surface area contributed by atoms with Crippen molar-refractivity contribution >= 4 is 9.84 Å². The zero-order valence-corrected chi connectivity index (χ0v) is 8.60. The molecule has 1 aromatic rings. The van der Waals surface area contributed by atoms with Crippen LogP contribution in [0.25, 0.3) is 0 Å². The van der Waals surface area contributed by atoms with Gasteiger partial charge in [-0.15, -0.1) is 0 Å². The van der Waals surface area contributed by atoms with Gasteiger partial charge in [-0.3, -0.25) is 10.1 Å². The van der Waals surface area contributed by atoms with Gasteiger partial charge in [0.25, 0.3) is 0 Å². The van der Waals surface area contributed by atoms with Gasteiger partial charge in [0.1, 0.15) is 0 Å². The number of rotatable bonds is 3. The number of nitrogens with zero attached hydrogens (tertiary/aromatic N) is 1. The average molecular weight is 273 g/mol. The van der Waals surface area contributed by atoms with E-state index in [0.717, 1.165) is 0 Å². The predicted octanol–water partition coefficient (Wildman–Crippen LogP) is 1.25. The van der Waals surface area contributed by atoms with Crippen LogP contribution in [0.2, 0.25) is 0 Å². The van der Waals surface area contributed by atoms with Gasteiger partial charge in [-0.2, -0.15) is 0 Å². The summed E-state index contributed by atoms with van der Waals surface area (Å²) < 4.78 is 73.6. The van der Waals surface area contributed by atoms with Crippen LogP contribution in [0, 0.1) is 33.4 Å². The van der Waals surface area contributed by atoms with Crippen LogP contribution in [0.1, 0.15) is 0 Å². The van der Waals surface area contributed by atoms with Crippen molar-refractivity contribution in [3.63, 3.8) is 0 Å². The zero-order chi connectivity index (χ0) is 13.4. The lowest BCUT2D eigenvalue weighted by atomic mass is 10.3. The van der Waals surface area contributed by atoms with Crippen LogP contribution in [-0.4, -0.2) is 19.2 Å². The first-order valence-corrected chi connectivity index (χ1v) is 5.49. The fourth-order valence-corrected chi connectivity index (χ4v) is 2.18.